The molecule has 0 spiro atoms. The Morgan fingerprint density at radius 3 is 2.44 bits per heavy atom. The summed E-state index contributed by atoms with van der Waals surface area (Å²) in [4.78, 5) is 12.5. The van der Waals surface area contributed by atoms with E-state index in [2.05, 4.69) is 50.4 Å². The third-order valence-electron chi connectivity index (χ3n) is 4.49. The van der Waals surface area contributed by atoms with Crippen molar-refractivity contribution < 1.29 is 9.53 Å². The molecule has 0 bridgehead atoms. The number of nitrogens with one attached hydrogen (secondary N) is 1. The number of hydrogen-bond donors (Lipinski definition) is 1. The highest BCUT2D eigenvalue weighted by molar-refractivity contribution is 5.94. The average molecular weight is 339 g/mol. The number of ether oxygens (including phenoxy) is 1. The molecule has 0 fully saturated rings. The van der Waals surface area contributed by atoms with E-state index in [-0.39, 0.29) is 17.4 Å². The summed E-state index contributed by atoms with van der Waals surface area (Å²) in [6.45, 7) is 11.0. The molecule has 3 nitrogen and oxygen atoms in total. The van der Waals surface area contributed by atoms with Crippen molar-refractivity contribution in [3.05, 3.63) is 65.2 Å². The lowest BCUT2D eigenvalue weighted by Gasteiger charge is -2.29. The van der Waals surface area contributed by atoms with Crippen molar-refractivity contribution in [3.8, 4) is 5.75 Å². The topological polar surface area (TPSA) is 38.3 Å². The Labute approximate surface area is 151 Å². The third-order valence-corrected chi connectivity index (χ3v) is 4.49. The van der Waals surface area contributed by atoms with Gasteiger partial charge in [-0.15, -0.1) is 0 Å². The van der Waals surface area contributed by atoms with Crippen molar-refractivity contribution in [2.75, 3.05) is 6.61 Å². The molecule has 0 aliphatic rings. The maximum absolute atomic E-state index is 12.5. The van der Waals surface area contributed by atoms with E-state index in [0.29, 0.717) is 12.2 Å². The van der Waals surface area contributed by atoms with Gasteiger partial charge in [-0.05, 0) is 61.9 Å². The van der Waals surface area contributed by atoms with E-state index < -0.39 is 0 Å². The molecular weight excluding hydrogens is 310 g/mol. The zero-order chi connectivity index (χ0) is 18.4. The predicted octanol–water partition coefficient (Wildman–Crippen LogP) is 4.88. The van der Waals surface area contributed by atoms with Gasteiger partial charge in [0.25, 0.3) is 5.91 Å². The highest BCUT2D eigenvalue weighted by atomic mass is 16.5. The van der Waals surface area contributed by atoms with Gasteiger partial charge in [-0.25, -0.2) is 0 Å². The minimum Gasteiger partial charge on any atom is -0.494 e. The van der Waals surface area contributed by atoms with E-state index in [1.807, 2.05) is 38.1 Å². The van der Waals surface area contributed by atoms with Crippen LogP contribution in [-0.2, 0) is 5.41 Å². The van der Waals surface area contributed by atoms with E-state index in [9.17, 15) is 4.79 Å². The van der Waals surface area contributed by atoms with Crippen molar-refractivity contribution in [2.24, 2.45) is 0 Å². The number of amides is 1. The predicted molar refractivity (Wildman–Crippen MR) is 103 cm³/mol. The van der Waals surface area contributed by atoms with Crippen LogP contribution >= 0.6 is 0 Å². The summed E-state index contributed by atoms with van der Waals surface area (Å²) < 4.78 is 5.54. The fourth-order valence-electron chi connectivity index (χ4n) is 3.24. The second-order valence-electron chi connectivity index (χ2n) is 7.24. The summed E-state index contributed by atoms with van der Waals surface area (Å²) in [7, 11) is 0. The third kappa shape index (κ3) is 5.09. The highest BCUT2D eigenvalue weighted by Gasteiger charge is 2.24. The second kappa shape index (κ2) is 8.19. The zero-order valence-corrected chi connectivity index (χ0v) is 15.9. The first kappa shape index (κ1) is 19.0. The van der Waals surface area contributed by atoms with E-state index in [1.54, 1.807) is 0 Å². The van der Waals surface area contributed by atoms with Gasteiger partial charge >= 0.3 is 0 Å². The first-order valence-electron chi connectivity index (χ1n) is 8.93. The lowest BCUT2D eigenvalue weighted by Crippen LogP contribution is -2.37. The molecule has 0 heterocycles. The zero-order valence-electron chi connectivity index (χ0n) is 15.9. The first-order valence-corrected chi connectivity index (χ1v) is 8.93. The summed E-state index contributed by atoms with van der Waals surface area (Å²) in [5, 5.41) is 3.12. The summed E-state index contributed by atoms with van der Waals surface area (Å²) in [6.07, 6.45) is 0.874. The molecule has 0 saturated carbocycles. The van der Waals surface area contributed by atoms with E-state index >= 15 is 0 Å². The van der Waals surface area contributed by atoms with E-state index in [4.69, 9.17) is 4.74 Å². The molecule has 3 heteroatoms. The van der Waals surface area contributed by atoms with Gasteiger partial charge in [-0.3, -0.25) is 4.79 Å². The van der Waals surface area contributed by atoms with Crippen LogP contribution in [0.1, 0.15) is 55.6 Å². The molecule has 0 aromatic heterocycles. The first-order chi connectivity index (χ1) is 11.8. The summed E-state index contributed by atoms with van der Waals surface area (Å²) in [5.74, 6) is 0.791. The molecule has 0 aliphatic heterocycles. The van der Waals surface area contributed by atoms with Crippen LogP contribution < -0.4 is 10.1 Å². The van der Waals surface area contributed by atoms with Crippen molar-refractivity contribution in [3.63, 3.8) is 0 Å². The number of aryl methyl sites for hydroxylation is 1. The molecule has 0 radical (unpaired) electrons. The van der Waals surface area contributed by atoms with Crippen LogP contribution in [0, 0.1) is 6.92 Å². The van der Waals surface area contributed by atoms with Crippen LogP contribution in [0.25, 0.3) is 0 Å². The van der Waals surface area contributed by atoms with Crippen LogP contribution in [-0.4, -0.2) is 18.6 Å². The largest absolute Gasteiger partial charge is 0.494 e. The molecule has 2 rings (SSSR count). The van der Waals surface area contributed by atoms with E-state index in [1.165, 1.54) is 5.56 Å². The monoisotopic (exact) mass is 339 g/mol. The fraction of sp³-hybridized carbons (Fsp3) is 0.409. The molecule has 2 aromatic carbocycles. The Kier molecular flexibility index (Phi) is 6.24. The van der Waals surface area contributed by atoms with Crippen LogP contribution in [0.2, 0.25) is 0 Å². The highest BCUT2D eigenvalue weighted by Crippen LogP contribution is 2.28. The van der Waals surface area contributed by atoms with Gasteiger partial charge in [0.15, 0.2) is 0 Å². The number of rotatable bonds is 7. The Balaban J connectivity index is 2.01. The van der Waals surface area contributed by atoms with Crippen molar-refractivity contribution in [1.82, 2.24) is 5.32 Å². The number of carbonyl (C=O) groups excluding carboxylic acids is 1. The Morgan fingerprint density at radius 2 is 1.84 bits per heavy atom. The van der Waals surface area contributed by atoms with Gasteiger partial charge in [-0.1, -0.05) is 44.2 Å². The summed E-state index contributed by atoms with van der Waals surface area (Å²) in [6, 6.07) is 16.1. The molecule has 25 heavy (non-hydrogen) atoms. The Morgan fingerprint density at radius 1 is 1.16 bits per heavy atom. The molecule has 1 atom stereocenters. The summed E-state index contributed by atoms with van der Waals surface area (Å²) in [5.41, 5.74) is 2.94. The number of benzene rings is 2. The van der Waals surface area contributed by atoms with Crippen LogP contribution in [0.4, 0.5) is 0 Å². The maximum atomic E-state index is 12.5. The standard InChI is InChI=1S/C22H29NO2/c1-6-25-20-13-12-18(14-16(20)2)21(24)23-17(3)15-22(4,5)19-10-8-7-9-11-19/h7-14,17H,6,15H2,1-5H3,(H,23,24)/t17-/m0/s1. The molecule has 1 amide bonds. The SMILES string of the molecule is CCOc1ccc(C(=O)N[C@@H](C)CC(C)(C)c2ccccc2)cc1C. The number of hydrogen-bond acceptors (Lipinski definition) is 2. The van der Waals surface area contributed by atoms with Crippen LogP contribution in [0.15, 0.2) is 48.5 Å². The second-order valence-corrected chi connectivity index (χ2v) is 7.24. The lowest BCUT2D eigenvalue weighted by molar-refractivity contribution is 0.0934. The smallest absolute Gasteiger partial charge is 0.251 e. The maximum Gasteiger partial charge on any atom is 0.251 e. The molecule has 0 saturated heterocycles. The molecule has 134 valence electrons. The Bertz CT molecular complexity index is 707. The molecular formula is C22H29NO2. The normalized spacial score (nSPS) is 12.5. The van der Waals surface area contributed by atoms with Crippen molar-refractivity contribution in [2.45, 2.75) is 52.5 Å². The van der Waals surface area contributed by atoms with Gasteiger partial charge in [0.05, 0.1) is 6.61 Å². The summed E-state index contributed by atoms with van der Waals surface area (Å²) >= 11 is 0. The van der Waals surface area contributed by atoms with Crippen molar-refractivity contribution >= 4 is 5.91 Å². The molecule has 0 unspecified atom stereocenters. The van der Waals surface area contributed by atoms with Gasteiger partial charge in [-0.2, -0.15) is 0 Å². The van der Waals surface area contributed by atoms with Crippen LogP contribution in [0.3, 0.4) is 0 Å². The van der Waals surface area contributed by atoms with Gasteiger partial charge in [0, 0.05) is 11.6 Å². The number of carbonyl (C=O) groups is 1. The van der Waals surface area contributed by atoms with Crippen LogP contribution in [0.5, 0.6) is 5.75 Å². The molecule has 0 aliphatic carbocycles. The average Bonchev–Trinajstić information content (AvgIpc) is 2.57. The Hall–Kier alpha value is -2.29. The molecule has 2 aromatic rings. The van der Waals surface area contributed by atoms with E-state index in [0.717, 1.165) is 17.7 Å². The quantitative estimate of drug-likeness (QED) is 0.781. The van der Waals surface area contributed by atoms with Gasteiger partial charge < -0.3 is 10.1 Å². The minimum atomic E-state index is -0.0393. The fourth-order valence-corrected chi connectivity index (χ4v) is 3.24. The van der Waals surface area contributed by atoms with Crippen molar-refractivity contribution in [1.29, 1.82) is 0 Å². The molecule has 1 N–H and O–H groups in total. The van der Waals surface area contributed by atoms with Gasteiger partial charge in [0.1, 0.15) is 5.75 Å². The van der Waals surface area contributed by atoms with Gasteiger partial charge in [0.2, 0.25) is 0 Å². The lowest BCUT2D eigenvalue weighted by atomic mass is 9.79. The minimum absolute atomic E-state index is 0.00268.